The molecular formula is C19H25N3O2. The third-order valence-electron chi connectivity index (χ3n) is 4.91. The van der Waals surface area contributed by atoms with Crippen molar-refractivity contribution in [1.82, 2.24) is 14.9 Å². The highest BCUT2D eigenvalue weighted by Crippen LogP contribution is 2.28. The Morgan fingerprint density at radius 3 is 2.54 bits per heavy atom. The Kier molecular flexibility index (Phi) is 5.30. The molecule has 0 unspecified atom stereocenters. The SMILES string of the molecule is COC1CCC(C(=O)N[C@@H](c2ccccc2)c2nccn2C)CC1. The number of amides is 1. The van der Waals surface area contributed by atoms with Crippen molar-refractivity contribution in [2.75, 3.05) is 7.11 Å². The zero-order valence-electron chi connectivity index (χ0n) is 14.3. The lowest BCUT2D eigenvalue weighted by atomic mass is 9.86. The van der Waals surface area contributed by atoms with Gasteiger partial charge in [0.05, 0.1) is 6.10 Å². The number of nitrogens with one attached hydrogen (secondary N) is 1. The minimum atomic E-state index is -0.223. The Morgan fingerprint density at radius 1 is 1.25 bits per heavy atom. The van der Waals surface area contributed by atoms with Gasteiger partial charge in [0.25, 0.3) is 0 Å². The summed E-state index contributed by atoms with van der Waals surface area (Å²) in [4.78, 5) is 17.2. The van der Waals surface area contributed by atoms with E-state index >= 15 is 0 Å². The molecule has 1 amide bonds. The van der Waals surface area contributed by atoms with Crippen LogP contribution in [0.15, 0.2) is 42.7 Å². The number of aryl methyl sites for hydroxylation is 1. The Balaban J connectivity index is 1.75. The predicted octanol–water partition coefficient (Wildman–Crippen LogP) is 2.83. The van der Waals surface area contributed by atoms with Crippen molar-refractivity contribution >= 4 is 5.91 Å². The van der Waals surface area contributed by atoms with Crippen LogP contribution in [-0.4, -0.2) is 28.7 Å². The van der Waals surface area contributed by atoms with Crippen LogP contribution >= 0.6 is 0 Å². The molecule has 128 valence electrons. The number of imidazole rings is 1. The van der Waals surface area contributed by atoms with Crippen LogP contribution in [0.3, 0.4) is 0 Å². The first-order valence-corrected chi connectivity index (χ1v) is 8.54. The van der Waals surface area contributed by atoms with Gasteiger partial charge in [0, 0.05) is 32.5 Å². The fourth-order valence-electron chi connectivity index (χ4n) is 3.42. The van der Waals surface area contributed by atoms with Crippen LogP contribution in [0.4, 0.5) is 0 Å². The minimum absolute atomic E-state index is 0.0582. The van der Waals surface area contributed by atoms with Gasteiger partial charge in [-0.05, 0) is 31.2 Å². The van der Waals surface area contributed by atoms with Gasteiger partial charge >= 0.3 is 0 Å². The number of nitrogens with zero attached hydrogens (tertiary/aromatic N) is 2. The molecule has 1 heterocycles. The lowest BCUT2D eigenvalue weighted by Crippen LogP contribution is -2.38. The largest absolute Gasteiger partial charge is 0.381 e. The number of carbonyl (C=O) groups excluding carboxylic acids is 1. The molecule has 2 aromatic rings. The summed E-state index contributed by atoms with van der Waals surface area (Å²) in [6.45, 7) is 0. The molecule has 5 heteroatoms. The van der Waals surface area contributed by atoms with Crippen molar-refractivity contribution < 1.29 is 9.53 Å². The molecular weight excluding hydrogens is 302 g/mol. The molecule has 1 atom stereocenters. The highest BCUT2D eigenvalue weighted by atomic mass is 16.5. The number of hydrogen-bond acceptors (Lipinski definition) is 3. The second kappa shape index (κ2) is 7.62. The summed E-state index contributed by atoms with van der Waals surface area (Å²) in [6, 6.07) is 9.79. The van der Waals surface area contributed by atoms with Crippen molar-refractivity contribution in [1.29, 1.82) is 0 Å². The summed E-state index contributed by atoms with van der Waals surface area (Å²) in [6.07, 6.45) is 7.63. The quantitative estimate of drug-likeness (QED) is 0.919. The van der Waals surface area contributed by atoms with E-state index in [2.05, 4.69) is 10.3 Å². The third-order valence-corrected chi connectivity index (χ3v) is 4.91. The average Bonchev–Trinajstić information content (AvgIpc) is 3.06. The molecule has 1 fully saturated rings. The second-order valence-corrected chi connectivity index (χ2v) is 6.46. The average molecular weight is 327 g/mol. The summed E-state index contributed by atoms with van der Waals surface area (Å²) in [5, 5.41) is 3.22. The molecule has 0 spiro atoms. The van der Waals surface area contributed by atoms with Crippen LogP contribution in [-0.2, 0) is 16.6 Å². The molecule has 0 aliphatic heterocycles. The molecule has 0 radical (unpaired) electrons. The molecule has 24 heavy (non-hydrogen) atoms. The number of rotatable bonds is 5. The van der Waals surface area contributed by atoms with Gasteiger partial charge in [-0.2, -0.15) is 0 Å². The van der Waals surface area contributed by atoms with Crippen molar-refractivity contribution in [3.05, 3.63) is 54.1 Å². The van der Waals surface area contributed by atoms with Crippen molar-refractivity contribution in [2.24, 2.45) is 13.0 Å². The van der Waals surface area contributed by atoms with Crippen LogP contribution in [0.2, 0.25) is 0 Å². The molecule has 1 aromatic heterocycles. The number of benzene rings is 1. The van der Waals surface area contributed by atoms with Crippen LogP contribution < -0.4 is 5.32 Å². The van der Waals surface area contributed by atoms with Gasteiger partial charge in [0.2, 0.25) is 5.91 Å². The van der Waals surface area contributed by atoms with Gasteiger partial charge in [0.1, 0.15) is 11.9 Å². The highest BCUT2D eigenvalue weighted by molar-refractivity contribution is 5.79. The first-order valence-electron chi connectivity index (χ1n) is 8.54. The van der Waals surface area contributed by atoms with Crippen molar-refractivity contribution in [3.63, 3.8) is 0 Å². The summed E-state index contributed by atoms with van der Waals surface area (Å²) < 4.78 is 7.36. The molecule has 3 rings (SSSR count). The number of ether oxygens (including phenoxy) is 1. The number of hydrogen-bond donors (Lipinski definition) is 1. The van der Waals surface area contributed by atoms with Gasteiger partial charge in [0.15, 0.2) is 0 Å². The van der Waals surface area contributed by atoms with E-state index in [1.807, 2.05) is 48.1 Å². The number of methoxy groups -OCH3 is 1. The molecule has 1 aliphatic carbocycles. The van der Waals surface area contributed by atoms with Crippen molar-refractivity contribution in [3.8, 4) is 0 Å². The van der Waals surface area contributed by atoms with E-state index in [9.17, 15) is 4.79 Å². The molecule has 1 N–H and O–H groups in total. The lowest BCUT2D eigenvalue weighted by Gasteiger charge is -2.28. The fraction of sp³-hybridized carbons (Fsp3) is 0.474. The summed E-state index contributed by atoms with van der Waals surface area (Å²) in [7, 11) is 3.70. The van der Waals surface area contributed by atoms with Crippen LogP contribution in [0.5, 0.6) is 0 Å². The number of aromatic nitrogens is 2. The monoisotopic (exact) mass is 327 g/mol. The molecule has 0 saturated heterocycles. The second-order valence-electron chi connectivity index (χ2n) is 6.46. The Bertz CT molecular complexity index is 660. The first-order chi connectivity index (χ1) is 11.7. The Morgan fingerprint density at radius 2 is 1.96 bits per heavy atom. The highest BCUT2D eigenvalue weighted by Gasteiger charge is 2.29. The van der Waals surface area contributed by atoms with E-state index in [1.54, 1.807) is 13.3 Å². The summed E-state index contributed by atoms with van der Waals surface area (Å²) >= 11 is 0. The van der Waals surface area contributed by atoms with Crippen molar-refractivity contribution in [2.45, 2.75) is 37.8 Å². The smallest absolute Gasteiger partial charge is 0.223 e. The van der Waals surface area contributed by atoms with Crippen LogP contribution in [0.1, 0.15) is 43.1 Å². The standard InChI is InChI=1S/C19H25N3O2/c1-22-13-12-20-18(22)17(14-6-4-3-5-7-14)21-19(23)15-8-10-16(24-2)11-9-15/h3-7,12-13,15-17H,8-11H2,1-2H3,(H,21,23)/t15?,16?,17-/m0/s1. The van der Waals surface area contributed by atoms with E-state index < -0.39 is 0 Å². The van der Waals surface area contributed by atoms with Crippen LogP contribution in [0, 0.1) is 5.92 Å². The lowest BCUT2D eigenvalue weighted by molar-refractivity contribution is -0.127. The molecule has 1 aromatic carbocycles. The zero-order chi connectivity index (χ0) is 16.9. The van der Waals surface area contributed by atoms with Gasteiger partial charge in [-0.25, -0.2) is 4.98 Å². The van der Waals surface area contributed by atoms with E-state index in [0.29, 0.717) is 6.10 Å². The van der Waals surface area contributed by atoms with Gasteiger partial charge in [-0.3, -0.25) is 4.79 Å². The van der Waals surface area contributed by atoms with E-state index in [4.69, 9.17) is 4.74 Å². The van der Waals surface area contributed by atoms with Crippen LogP contribution in [0.25, 0.3) is 0 Å². The van der Waals surface area contributed by atoms with E-state index in [-0.39, 0.29) is 17.9 Å². The number of carbonyl (C=O) groups is 1. The maximum absolute atomic E-state index is 12.8. The van der Waals surface area contributed by atoms with Gasteiger partial charge in [-0.15, -0.1) is 0 Å². The summed E-state index contributed by atoms with van der Waals surface area (Å²) in [5.74, 6) is 1.02. The maximum Gasteiger partial charge on any atom is 0.223 e. The molecule has 0 bridgehead atoms. The van der Waals surface area contributed by atoms with E-state index in [0.717, 1.165) is 37.1 Å². The Labute approximate surface area is 143 Å². The van der Waals surface area contributed by atoms with E-state index in [1.165, 1.54) is 0 Å². The normalized spacial score (nSPS) is 22.1. The maximum atomic E-state index is 12.8. The molecule has 5 nitrogen and oxygen atoms in total. The molecule has 1 aliphatic rings. The first kappa shape index (κ1) is 16.7. The fourth-order valence-corrected chi connectivity index (χ4v) is 3.42. The third kappa shape index (κ3) is 3.67. The summed E-state index contributed by atoms with van der Waals surface area (Å²) in [5.41, 5.74) is 1.05. The molecule has 1 saturated carbocycles. The Hall–Kier alpha value is -2.14. The zero-order valence-corrected chi connectivity index (χ0v) is 14.3. The predicted molar refractivity (Wildman–Crippen MR) is 92.4 cm³/mol. The minimum Gasteiger partial charge on any atom is -0.381 e. The van der Waals surface area contributed by atoms with Gasteiger partial charge < -0.3 is 14.6 Å². The van der Waals surface area contributed by atoms with Gasteiger partial charge in [-0.1, -0.05) is 30.3 Å². The topological polar surface area (TPSA) is 56.1 Å².